The third-order valence-electron chi connectivity index (χ3n) is 5.06. The Balaban J connectivity index is 1.67. The molecular formula is C19H27N4O2S2+. The van der Waals surface area contributed by atoms with Crippen LogP contribution in [0.3, 0.4) is 0 Å². The van der Waals surface area contributed by atoms with Crippen LogP contribution in [0.5, 0.6) is 0 Å². The Morgan fingerprint density at radius 2 is 2.30 bits per heavy atom. The van der Waals surface area contributed by atoms with Crippen LogP contribution in [-0.4, -0.2) is 35.4 Å². The molecule has 0 bridgehead atoms. The molecule has 2 atom stereocenters. The van der Waals surface area contributed by atoms with Gasteiger partial charge in [-0.15, -0.1) is 5.10 Å². The lowest BCUT2D eigenvalue weighted by atomic mass is 9.99. The van der Waals surface area contributed by atoms with Crippen LogP contribution in [0.1, 0.15) is 30.9 Å². The minimum Gasteiger partial charge on any atom is -0.466 e. The van der Waals surface area contributed by atoms with Crippen LogP contribution in [0, 0.1) is 23.7 Å². The molecule has 2 heterocycles. The molecular weight excluding hydrogens is 380 g/mol. The fraction of sp³-hybridized carbons (Fsp3) is 0.526. The van der Waals surface area contributed by atoms with Crippen molar-refractivity contribution in [3.63, 3.8) is 0 Å². The highest BCUT2D eigenvalue weighted by molar-refractivity contribution is 7.73. The summed E-state index contributed by atoms with van der Waals surface area (Å²) in [5.41, 5.74) is 3.51. The number of aromatic nitrogens is 2. The number of quaternary nitrogens is 1. The lowest BCUT2D eigenvalue weighted by Gasteiger charge is -2.28. The quantitative estimate of drug-likeness (QED) is 0.570. The van der Waals surface area contributed by atoms with Gasteiger partial charge in [0.15, 0.2) is 10.6 Å². The molecule has 1 fully saturated rings. The first-order valence-electron chi connectivity index (χ1n) is 9.39. The van der Waals surface area contributed by atoms with Crippen LogP contribution in [0.2, 0.25) is 0 Å². The van der Waals surface area contributed by atoms with E-state index in [4.69, 9.17) is 17.0 Å². The summed E-state index contributed by atoms with van der Waals surface area (Å²) < 4.78 is 7.81. The highest BCUT2D eigenvalue weighted by Crippen LogP contribution is 2.24. The lowest BCUT2D eigenvalue weighted by Crippen LogP contribution is -3.13. The molecule has 1 aliphatic rings. The Kier molecular flexibility index (Phi) is 6.62. The third kappa shape index (κ3) is 4.94. The molecule has 3 rings (SSSR count). The number of nitrogens with zero attached hydrogens (tertiary/aromatic N) is 2. The van der Waals surface area contributed by atoms with E-state index in [1.165, 1.54) is 27.4 Å². The zero-order valence-corrected chi connectivity index (χ0v) is 17.7. The van der Waals surface area contributed by atoms with E-state index in [0.29, 0.717) is 13.3 Å². The maximum Gasteiger partial charge on any atom is 0.314 e. The fourth-order valence-electron chi connectivity index (χ4n) is 3.43. The smallest absolute Gasteiger partial charge is 0.314 e. The molecule has 0 radical (unpaired) electrons. The molecule has 2 N–H and O–H groups in total. The minimum atomic E-state index is -0.0751. The van der Waals surface area contributed by atoms with Gasteiger partial charge in [0.2, 0.25) is 5.13 Å². The normalized spacial score (nSPS) is 19.7. The van der Waals surface area contributed by atoms with Gasteiger partial charge in [-0.3, -0.25) is 4.79 Å². The van der Waals surface area contributed by atoms with Crippen LogP contribution in [0.4, 0.5) is 10.8 Å². The van der Waals surface area contributed by atoms with Gasteiger partial charge in [-0.05, 0) is 63.0 Å². The van der Waals surface area contributed by atoms with Gasteiger partial charge < -0.3 is 15.0 Å². The maximum atomic E-state index is 12.0. The van der Waals surface area contributed by atoms with Gasteiger partial charge in [0.25, 0.3) is 0 Å². The first-order chi connectivity index (χ1) is 13.0. The second-order valence-electron chi connectivity index (χ2n) is 7.00. The lowest BCUT2D eigenvalue weighted by molar-refractivity contribution is -0.930. The summed E-state index contributed by atoms with van der Waals surface area (Å²) in [5, 5.41) is 8.85. The van der Waals surface area contributed by atoms with E-state index in [0.717, 1.165) is 40.7 Å². The van der Waals surface area contributed by atoms with Crippen LogP contribution < -0.4 is 10.2 Å². The number of likely N-dealkylation sites (tertiary alicyclic amines) is 1. The number of nitrogens with one attached hydrogen (secondary N) is 2. The number of benzene rings is 1. The molecule has 146 valence electrons. The fourth-order valence-corrected chi connectivity index (χ4v) is 4.44. The van der Waals surface area contributed by atoms with Crippen molar-refractivity contribution in [2.75, 3.05) is 25.0 Å². The summed E-state index contributed by atoms with van der Waals surface area (Å²) in [5.74, 6) is -0.0945. The van der Waals surface area contributed by atoms with Crippen LogP contribution in [-0.2, 0) is 16.2 Å². The largest absolute Gasteiger partial charge is 0.466 e. The van der Waals surface area contributed by atoms with Crippen molar-refractivity contribution in [2.24, 2.45) is 5.92 Å². The van der Waals surface area contributed by atoms with Crippen molar-refractivity contribution in [3.05, 3.63) is 33.3 Å². The van der Waals surface area contributed by atoms with E-state index < -0.39 is 0 Å². The average molecular weight is 408 g/mol. The van der Waals surface area contributed by atoms with Crippen LogP contribution >= 0.6 is 23.6 Å². The number of ether oxygens (including phenoxy) is 1. The molecule has 8 heteroatoms. The van der Waals surface area contributed by atoms with Gasteiger partial charge in [-0.2, -0.15) is 4.68 Å². The topological polar surface area (TPSA) is 60.6 Å². The molecule has 6 nitrogen and oxygen atoms in total. The van der Waals surface area contributed by atoms with Crippen molar-refractivity contribution < 1.29 is 14.4 Å². The Morgan fingerprint density at radius 3 is 3.07 bits per heavy atom. The van der Waals surface area contributed by atoms with E-state index >= 15 is 0 Å². The molecule has 0 spiro atoms. The highest BCUT2D eigenvalue weighted by atomic mass is 32.1. The number of esters is 1. The maximum absolute atomic E-state index is 12.0. The van der Waals surface area contributed by atoms with Gasteiger partial charge in [0, 0.05) is 5.69 Å². The summed E-state index contributed by atoms with van der Waals surface area (Å²) in [4.78, 5) is 13.4. The van der Waals surface area contributed by atoms with Crippen molar-refractivity contribution in [2.45, 2.75) is 40.3 Å². The Morgan fingerprint density at radius 1 is 1.48 bits per heavy atom. The molecule has 0 saturated carbocycles. The predicted molar refractivity (Wildman–Crippen MR) is 110 cm³/mol. The highest BCUT2D eigenvalue weighted by Gasteiger charge is 2.30. The second kappa shape index (κ2) is 8.95. The summed E-state index contributed by atoms with van der Waals surface area (Å²) in [6.07, 6.45) is 1.92. The number of hydrogen-bond acceptors (Lipinski definition) is 6. The van der Waals surface area contributed by atoms with Crippen molar-refractivity contribution in [1.29, 1.82) is 0 Å². The minimum absolute atomic E-state index is 0.0194. The van der Waals surface area contributed by atoms with Gasteiger partial charge in [0.05, 0.1) is 19.7 Å². The SMILES string of the molecule is CCOC(=O)[C@H]1CCC[NH+](Cn2nc(Nc3cccc(C)c3C)sc2=S)C1. The van der Waals surface area contributed by atoms with Gasteiger partial charge in [-0.1, -0.05) is 23.5 Å². The predicted octanol–water partition coefficient (Wildman–Crippen LogP) is 2.85. The number of piperidine rings is 1. The summed E-state index contributed by atoms with van der Waals surface area (Å²) in [6.45, 7) is 8.97. The van der Waals surface area contributed by atoms with Gasteiger partial charge in [-0.25, -0.2) is 0 Å². The van der Waals surface area contributed by atoms with Gasteiger partial charge >= 0.3 is 5.97 Å². The molecule has 1 aromatic carbocycles. The number of anilines is 2. The third-order valence-corrected chi connectivity index (χ3v) is 6.29. The first-order valence-corrected chi connectivity index (χ1v) is 10.6. The Hall–Kier alpha value is -1.77. The second-order valence-corrected chi connectivity index (χ2v) is 8.62. The molecule has 1 saturated heterocycles. The molecule has 1 unspecified atom stereocenters. The first kappa shape index (κ1) is 20.0. The number of rotatable bonds is 6. The summed E-state index contributed by atoms with van der Waals surface area (Å²) >= 11 is 6.99. The standard InChI is InChI=1S/C19H26N4O2S2/c1-4-25-17(24)15-8-6-10-22(11-15)12-23-19(26)27-18(21-23)20-16-9-5-7-13(2)14(16)3/h5,7,9,15H,4,6,8,10-12H2,1-3H3,(H,20,21)/p+1/t15-/m0/s1. The Labute approximate surface area is 169 Å². The van der Waals surface area contributed by atoms with Crippen molar-refractivity contribution >= 4 is 40.3 Å². The molecule has 1 aliphatic heterocycles. The monoisotopic (exact) mass is 407 g/mol. The average Bonchev–Trinajstić information content (AvgIpc) is 2.98. The van der Waals surface area contributed by atoms with E-state index in [1.54, 1.807) is 0 Å². The molecule has 27 heavy (non-hydrogen) atoms. The van der Waals surface area contributed by atoms with Gasteiger partial charge in [0.1, 0.15) is 5.92 Å². The molecule has 1 aromatic heterocycles. The number of aryl methyl sites for hydroxylation is 1. The van der Waals surface area contributed by atoms with Crippen LogP contribution in [0.25, 0.3) is 0 Å². The van der Waals surface area contributed by atoms with Crippen molar-refractivity contribution in [1.82, 2.24) is 9.78 Å². The zero-order valence-electron chi connectivity index (χ0n) is 16.1. The van der Waals surface area contributed by atoms with E-state index in [9.17, 15) is 4.79 Å². The Bertz CT molecular complexity index is 862. The van der Waals surface area contributed by atoms with E-state index in [2.05, 4.69) is 36.4 Å². The van der Waals surface area contributed by atoms with Crippen molar-refractivity contribution in [3.8, 4) is 0 Å². The summed E-state index contributed by atoms with van der Waals surface area (Å²) in [6, 6.07) is 6.19. The molecule has 0 amide bonds. The molecule has 2 aromatic rings. The van der Waals surface area contributed by atoms with E-state index in [-0.39, 0.29) is 11.9 Å². The van der Waals surface area contributed by atoms with Crippen LogP contribution in [0.15, 0.2) is 18.2 Å². The molecule has 0 aliphatic carbocycles. The number of carbonyl (C=O) groups is 1. The summed E-state index contributed by atoms with van der Waals surface area (Å²) in [7, 11) is 0. The zero-order chi connectivity index (χ0) is 19.4. The number of hydrogen-bond donors (Lipinski definition) is 2. The number of carbonyl (C=O) groups excluding carboxylic acids is 1. The van der Waals surface area contributed by atoms with E-state index in [1.807, 2.05) is 17.7 Å².